The highest BCUT2D eigenvalue weighted by Gasteiger charge is 2.25. The van der Waals surface area contributed by atoms with Gasteiger partial charge in [0.05, 0.1) is 0 Å². The summed E-state index contributed by atoms with van der Waals surface area (Å²) in [6, 6.07) is 14.1. The Kier molecular flexibility index (Phi) is 3.88. The standard InChI is InChI=1S/C20H26O/c1-19(2,3)16-8-7-9-17(20(4,5)6)18(16)14-10-12-15(21)13-11-14/h7-13,21H,1-6H3. The Balaban J connectivity index is 2.79. The summed E-state index contributed by atoms with van der Waals surface area (Å²) in [5.74, 6) is 0.310. The molecule has 0 saturated heterocycles. The highest BCUT2D eigenvalue weighted by Crippen LogP contribution is 2.40. The van der Waals surface area contributed by atoms with Crippen molar-refractivity contribution in [1.29, 1.82) is 0 Å². The van der Waals surface area contributed by atoms with Crippen LogP contribution in [0.15, 0.2) is 42.5 Å². The molecule has 0 atom stereocenters. The van der Waals surface area contributed by atoms with Crippen LogP contribution in [0, 0.1) is 0 Å². The zero-order valence-corrected chi connectivity index (χ0v) is 14.0. The molecule has 0 bridgehead atoms. The van der Waals surface area contributed by atoms with Gasteiger partial charge in [0.1, 0.15) is 5.75 Å². The summed E-state index contributed by atoms with van der Waals surface area (Å²) in [5.41, 5.74) is 5.32. The van der Waals surface area contributed by atoms with Gasteiger partial charge >= 0.3 is 0 Å². The van der Waals surface area contributed by atoms with E-state index >= 15 is 0 Å². The molecule has 0 saturated carbocycles. The van der Waals surface area contributed by atoms with Crippen molar-refractivity contribution < 1.29 is 5.11 Å². The van der Waals surface area contributed by atoms with Gasteiger partial charge in [-0.2, -0.15) is 0 Å². The van der Waals surface area contributed by atoms with Gasteiger partial charge in [0.15, 0.2) is 0 Å². The molecule has 2 aromatic carbocycles. The first-order valence-electron chi connectivity index (χ1n) is 7.54. The van der Waals surface area contributed by atoms with Crippen molar-refractivity contribution in [3.8, 4) is 16.9 Å². The minimum Gasteiger partial charge on any atom is -0.508 e. The first-order valence-corrected chi connectivity index (χ1v) is 7.54. The number of hydrogen-bond donors (Lipinski definition) is 1. The summed E-state index contributed by atoms with van der Waals surface area (Å²) in [6.45, 7) is 13.5. The summed E-state index contributed by atoms with van der Waals surface area (Å²) >= 11 is 0. The molecule has 0 aliphatic heterocycles. The van der Waals surface area contributed by atoms with Gasteiger partial charge < -0.3 is 5.11 Å². The second-order valence-corrected chi connectivity index (χ2v) is 7.78. The minimum absolute atomic E-state index is 0.0779. The highest BCUT2D eigenvalue weighted by molar-refractivity contribution is 5.74. The van der Waals surface area contributed by atoms with Gasteiger partial charge in [-0.1, -0.05) is 71.9 Å². The maximum Gasteiger partial charge on any atom is 0.115 e. The molecule has 0 fully saturated rings. The third-order valence-corrected chi connectivity index (χ3v) is 3.84. The molecule has 112 valence electrons. The molecule has 0 aliphatic carbocycles. The van der Waals surface area contributed by atoms with Gasteiger partial charge in [-0.05, 0) is 45.2 Å². The lowest BCUT2D eigenvalue weighted by atomic mass is 9.74. The molecule has 0 aliphatic rings. The molecule has 2 rings (SSSR count). The van der Waals surface area contributed by atoms with Crippen LogP contribution in [0.5, 0.6) is 5.75 Å². The first-order chi connectivity index (χ1) is 9.60. The van der Waals surface area contributed by atoms with Gasteiger partial charge in [0, 0.05) is 0 Å². The average molecular weight is 282 g/mol. The quantitative estimate of drug-likeness (QED) is 0.716. The normalized spacial score (nSPS) is 12.5. The van der Waals surface area contributed by atoms with Gasteiger partial charge in [0.25, 0.3) is 0 Å². The summed E-state index contributed by atoms with van der Waals surface area (Å²) in [5, 5.41) is 9.56. The van der Waals surface area contributed by atoms with E-state index in [-0.39, 0.29) is 10.8 Å². The summed E-state index contributed by atoms with van der Waals surface area (Å²) in [7, 11) is 0. The number of rotatable bonds is 1. The van der Waals surface area contributed by atoms with E-state index < -0.39 is 0 Å². The van der Waals surface area contributed by atoms with Crippen molar-refractivity contribution in [2.75, 3.05) is 0 Å². The van der Waals surface area contributed by atoms with E-state index in [0.717, 1.165) is 0 Å². The fourth-order valence-electron chi connectivity index (χ4n) is 2.74. The molecular weight excluding hydrogens is 256 g/mol. The Labute approximate surface area is 128 Å². The fourth-order valence-corrected chi connectivity index (χ4v) is 2.74. The number of phenols is 1. The van der Waals surface area contributed by atoms with E-state index in [1.54, 1.807) is 12.1 Å². The Morgan fingerprint density at radius 1 is 0.667 bits per heavy atom. The third kappa shape index (κ3) is 3.29. The molecule has 2 aromatic rings. The molecule has 0 spiro atoms. The molecular formula is C20H26O. The van der Waals surface area contributed by atoms with Crippen LogP contribution >= 0.6 is 0 Å². The van der Waals surface area contributed by atoms with Crippen LogP contribution in [-0.2, 0) is 10.8 Å². The smallest absolute Gasteiger partial charge is 0.115 e. The topological polar surface area (TPSA) is 20.2 Å². The molecule has 1 heteroatoms. The van der Waals surface area contributed by atoms with Crippen molar-refractivity contribution in [2.45, 2.75) is 52.4 Å². The van der Waals surface area contributed by atoms with Crippen LogP contribution in [0.3, 0.4) is 0 Å². The largest absolute Gasteiger partial charge is 0.508 e. The highest BCUT2D eigenvalue weighted by atomic mass is 16.3. The molecule has 1 nitrogen and oxygen atoms in total. The Bertz CT molecular complexity index is 590. The van der Waals surface area contributed by atoms with Crippen molar-refractivity contribution in [1.82, 2.24) is 0 Å². The van der Waals surface area contributed by atoms with Gasteiger partial charge in [-0.25, -0.2) is 0 Å². The second-order valence-electron chi connectivity index (χ2n) is 7.78. The average Bonchev–Trinajstić information content (AvgIpc) is 2.37. The number of aromatic hydroxyl groups is 1. The van der Waals surface area contributed by atoms with Crippen LogP contribution in [0.4, 0.5) is 0 Å². The first kappa shape index (κ1) is 15.6. The monoisotopic (exact) mass is 282 g/mol. The molecule has 0 unspecified atom stereocenters. The number of hydrogen-bond acceptors (Lipinski definition) is 1. The summed E-state index contributed by atoms with van der Waals surface area (Å²) < 4.78 is 0. The van der Waals surface area contributed by atoms with Crippen LogP contribution < -0.4 is 0 Å². The van der Waals surface area contributed by atoms with E-state index in [1.165, 1.54) is 22.3 Å². The Hall–Kier alpha value is -1.76. The van der Waals surface area contributed by atoms with E-state index in [9.17, 15) is 5.11 Å². The lowest BCUT2D eigenvalue weighted by Crippen LogP contribution is -2.19. The van der Waals surface area contributed by atoms with Crippen molar-refractivity contribution in [3.05, 3.63) is 53.6 Å². The summed E-state index contributed by atoms with van der Waals surface area (Å²) in [6.07, 6.45) is 0. The molecule has 1 N–H and O–H groups in total. The minimum atomic E-state index is 0.0779. The third-order valence-electron chi connectivity index (χ3n) is 3.84. The van der Waals surface area contributed by atoms with Gasteiger partial charge in [-0.15, -0.1) is 0 Å². The van der Waals surface area contributed by atoms with E-state index in [4.69, 9.17) is 0 Å². The van der Waals surface area contributed by atoms with Crippen LogP contribution in [0.1, 0.15) is 52.7 Å². The van der Waals surface area contributed by atoms with Crippen molar-refractivity contribution in [2.24, 2.45) is 0 Å². The molecule has 21 heavy (non-hydrogen) atoms. The SMILES string of the molecule is CC(C)(C)c1cccc(C(C)(C)C)c1-c1ccc(O)cc1. The van der Waals surface area contributed by atoms with E-state index in [1.807, 2.05) is 12.1 Å². The maximum absolute atomic E-state index is 9.56. The van der Waals surface area contributed by atoms with E-state index in [2.05, 4.69) is 59.7 Å². The van der Waals surface area contributed by atoms with Crippen molar-refractivity contribution in [3.63, 3.8) is 0 Å². The zero-order valence-electron chi connectivity index (χ0n) is 14.0. The predicted molar refractivity (Wildman–Crippen MR) is 90.9 cm³/mol. The lowest BCUT2D eigenvalue weighted by molar-refractivity contribution is 0.475. The Morgan fingerprint density at radius 2 is 1.10 bits per heavy atom. The van der Waals surface area contributed by atoms with Gasteiger partial charge in [0.2, 0.25) is 0 Å². The number of benzene rings is 2. The van der Waals surface area contributed by atoms with E-state index in [0.29, 0.717) is 5.75 Å². The van der Waals surface area contributed by atoms with Crippen LogP contribution in [0.25, 0.3) is 11.1 Å². The number of phenolic OH excluding ortho intramolecular Hbond substituents is 1. The zero-order chi connectivity index (χ0) is 15.8. The maximum atomic E-state index is 9.56. The molecule has 0 radical (unpaired) electrons. The summed E-state index contributed by atoms with van der Waals surface area (Å²) in [4.78, 5) is 0. The van der Waals surface area contributed by atoms with Gasteiger partial charge in [-0.3, -0.25) is 0 Å². The lowest BCUT2D eigenvalue weighted by Gasteiger charge is -2.30. The second kappa shape index (κ2) is 5.22. The van der Waals surface area contributed by atoms with Crippen LogP contribution in [-0.4, -0.2) is 5.11 Å². The molecule has 0 amide bonds. The van der Waals surface area contributed by atoms with Crippen molar-refractivity contribution >= 4 is 0 Å². The Morgan fingerprint density at radius 3 is 1.48 bits per heavy atom. The predicted octanol–water partition coefficient (Wildman–Crippen LogP) is 5.65. The molecule has 0 heterocycles. The molecule has 0 aromatic heterocycles. The van der Waals surface area contributed by atoms with Crippen LogP contribution in [0.2, 0.25) is 0 Å². The fraction of sp³-hybridized carbons (Fsp3) is 0.400.